The van der Waals surface area contributed by atoms with Gasteiger partial charge in [-0.1, -0.05) is 32.0 Å². The molecule has 2 aliphatic rings. The molecule has 1 saturated carbocycles. The fourth-order valence-corrected chi connectivity index (χ4v) is 5.95. The summed E-state index contributed by atoms with van der Waals surface area (Å²) in [6.45, 7) is 9.08. The van der Waals surface area contributed by atoms with Gasteiger partial charge in [0.2, 0.25) is 5.91 Å². The summed E-state index contributed by atoms with van der Waals surface area (Å²) in [5, 5.41) is 12.1. The van der Waals surface area contributed by atoms with Gasteiger partial charge in [0.05, 0.1) is 6.54 Å². The van der Waals surface area contributed by atoms with Gasteiger partial charge in [-0.05, 0) is 56.4 Å². The molecule has 1 amide bonds. The van der Waals surface area contributed by atoms with Gasteiger partial charge >= 0.3 is 0 Å². The second-order valence-corrected chi connectivity index (χ2v) is 9.88. The molecule has 2 heterocycles. The number of hydrogen-bond donors (Lipinski definition) is 2. The molecule has 0 spiro atoms. The molecule has 0 atom stereocenters. The lowest BCUT2D eigenvalue weighted by Crippen LogP contribution is -2.44. The van der Waals surface area contributed by atoms with E-state index in [1.165, 1.54) is 37.4 Å². The van der Waals surface area contributed by atoms with E-state index in [0.717, 1.165) is 60.5 Å². The van der Waals surface area contributed by atoms with E-state index < -0.39 is 0 Å². The zero-order valence-electron chi connectivity index (χ0n) is 19.4. The number of carbonyl (C=O) groups excluding carboxylic acids is 1. The highest BCUT2D eigenvalue weighted by Crippen LogP contribution is 2.37. The third kappa shape index (κ3) is 4.57. The van der Waals surface area contributed by atoms with Crippen molar-refractivity contribution in [3.63, 3.8) is 0 Å². The van der Waals surface area contributed by atoms with Crippen molar-refractivity contribution >= 4 is 23.0 Å². The lowest BCUT2D eigenvalue weighted by molar-refractivity contribution is -0.119. The minimum absolute atomic E-state index is 0.0282. The Kier molecular flexibility index (Phi) is 6.80. The Bertz CT molecular complexity index is 915. The Morgan fingerprint density at radius 3 is 2.39 bits per heavy atom. The van der Waals surface area contributed by atoms with Crippen molar-refractivity contribution in [3.05, 3.63) is 35.5 Å². The maximum absolute atomic E-state index is 11.6. The van der Waals surface area contributed by atoms with E-state index in [0.29, 0.717) is 12.6 Å². The maximum atomic E-state index is 11.6. The number of piperidine rings is 1. The number of fused-ring (bicyclic) bond motifs is 1. The number of benzene rings is 1. The molecular formula is C26H38N4O. The number of nitrogens with one attached hydrogen (secondary N) is 2. The number of carbonyl (C=O) groups is 1. The van der Waals surface area contributed by atoms with Crippen molar-refractivity contribution in [1.29, 1.82) is 5.41 Å². The normalized spacial score (nSPS) is 23.4. The summed E-state index contributed by atoms with van der Waals surface area (Å²) in [7, 11) is 0. The summed E-state index contributed by atoms with van der Waals surface area (Å²) in [6.07, 6.45) is 9.19. The molecule has 0 radical (unpaired) electrons. The van der Waals surface area contributed by atoms with Crippen LogP contribution in [0.25, 0.3) is 10.9 Å². The molecule has 1 aromatic carbocycles. The average Bonchev–Trinajstić information content (AvgIpc) is 3.11. The molecular weight excluding hydrogens is 384 g/mol. The first kappa shape index (κ1) is 22.1. The van der Waals surface area contributed by atoms with E-state index in [9.17, 15) is 4.79 Å². The molecule has 1 saturated heterocycles. The Labute approximate surface area is 186 Å². The van der Waals surface area contributed by atoms with Crippen molar-refractivity contribution in [2.45, 2.75) is 77.9 Å². The zero-order chi connectivity index (χ0) is 22.0. The van der Waals surface area contributed by atoms with Crippen LogP contribution in [0.15, 0.2) is 24.3 Å². The molecule has 1 aromatic heterocycles. The molecule has 2 N–H and O–H groups in total. The van der Waals surface area contributed by atoms with Crippen molar-refractivity contribution in [1.82, 2.24) is 14.8 Å². The standard InChI is InChI=1S/C26H38N4O/c1-18(2)20-8-10-21(11-9-20)29-14-12-22(13-15-29)30-25-7-5-4-6-23(25)24(16-27)26(30)17-28-19(3)31/h4-7,16,18,20-22,27H,8-15,17H2,1-3H3,(H,28,31). The van der Waals surface area contributed by atoms with Crippen LogP contribution >= 0.6 is 0 Å². The number of likely N-dealkylation sites (tertiary alicyclic amines) is 1. The van der Waals surface area contributed by atoms with E-state index in [1.54, 1.807) is 6.92 Å². The van der Waals surface area contributed by atoms with Gasteiger partial charge in [-0.15, -0.1) is 0 Å². The zero-order valence-corrected chi connectivity index (χ0v) is 19.4. The van der Waals surface area contributed by atoms with E-state index in [1.807, 2.05) is 6.07 Å². The van der Waals surface area contributed by atoms with Crippen molar-refractivity contribution in [2.75, 3.05) is 13.1 Å². The largest absolute Gasteiger partial charge is 0.351 e. The van der Waals surface area contributed by atoms with Gasteiger partial charge in [0.25, 0.3) is 0 Å². The van der Waals surface area contributed by atoms with Crippen molar-refractivity contribution in [2.24, 2.45) is 11.8 Å². The fraction of sp³-hybridized carbons (Fsp3) is 0.615. The molecule has 5 nitrogen and oxygen atoms in total. The molecule has 1 aliphatic heterocycles. The minimum Gasteiger partial charge on any atom is -0.351 e. The Morgan fingerprint density at radius 2 is 1.77 bits per heavy atom. The monoisotopic (exact) mass is 422 g/mol. The second-order valence-electron chi connectivity index (χ2n) is 9.88. The van der Waals surface area contributed by atoms with E-state index in [4.69, 9.17) is 5.41 Å². The number of amides is 1. The van der Waals surface area contributed by atoms with Crippen molar-refractivity contribution in [3.8, 4) is 0 Å². The first-order chi connectivity index (χ1) is 15.0. The van der Waals surface area contributed by atoms with Crippen LogP contribution in [0.2, 0.25) is 0 Å². The number of aromatic nitrogens is 1. The summed E-state index contributed by atoms with van der Waals surface area (Å²) in [4.78, 5) is 14.4. The molecule has 31 heavy (non-hydrogen) atoms. The van der Waals surface area contributed by atoms with Crippen LogP contribution in [0.4, 0.5) is 0 Å². The molecule has 2 aromatic rings. The van der Waals surface area contributed by atoms with E-state index >= 15 is 0 Å². The predicted octanol–water partition coefficient (Wildman–Crippen LogP) is 5.13. The Hall–Kier alpha value is -2.14. The molecule has 0 bridgehead atoms. The summed E-state index contributed by atoms with van der Waals surface area (Å²) in [5.74, 6) is 1.70. The van der Waals surface area contributed by atoms with Gasteiger partial charge in [-0.25, -0.2) is 0 Å². The van der Waals surface area contributed by atoms with Crippen LogP contribution in [-0.2, 0) is 11.3 Å². The first-order valence-electron chi connectivity index (χ1n) is 12.1. The quantitative estimate of drug-likeness (QED) is 0.634. The minimum atomic E-state index is -0.0282. The van der Waals surface area contributed by atoms with Gasteiger partial charge in [-0.3, -0.25) is 4.79 Å². The van der Waals surface area contributed by atoms with Crippen LogP contribution in [0.1, 0.15) is 76.6 Å². The highest BCUT2D eigenvalue weighted by Gasteiger charge is 2.31. The fourth-order valence-electron chi connectivity index (χ4n) is 5.95. The average molecular weight is 423 g/mol. The summed E-state index contributed by atoms with van der Waals surface area (Å²) in [6, 6.07) is 9.57. The van der Waals surface area contributed by atoms with Gasteiger partial charge in [0, 0.05) is 60.5 Å². The van der Waals surface area contributed by atoms with Crippen LogP contribution in [0.3, 0.4) is 0 Å². The Morgan fingerprint density at radius 1 is 1.10 bits per heavy atom. The van der Waals surface area contributed by atoms with Crippen LogP contribution in [-0.4, -0.2) is 40.7 Å². The first-order valence-corrected chi connectivity index (χ1v) is 12.1. The second kappa shape index (κ2) is 9.56. The number of nitrogens with zero attached hydrogens (tertiary/aromatic N) is 2. The number of hydrogen-bond acceptors (Lipinski definition) is 3. The van der Waals surface area contributed by atoms with E-state index in [-0.39, 0.29) is 5.91 Å². The smallest absolute Gasteiger partial charge is 0.217 e. The molecule has 0 unspecified atom stereocenters. The van der Waals surface area contributed by atoms with Crippen LogP contribution in [0.5, 0.6) is 0 Å². The van der Waals surface area contributed by atoms with Gasteiger partial charge in [-0.2, -0.15) is 0 Å². The molecule has 1 aliphatic carbocycles. The lowest BCUT2D eigenvalue weighted by atomic mass is 9.79. The number of para-hydroxylation sites is 1. The highest BCUT2D eigenvalue weighted by atomic mass is 16.1. The molecule has 4 rings (SSSR count). The summed E-state index contributed by atoms with van der Waals surface area (Å²) in [5.41, 5.74) is 3.21. The van der Waals surface area contributed by atoms with E-state index in [2.05, 4.69) is 46.8 Å². The SMILES string of the molecule is CC(=O)NCc1c(C=N)c2ccccc2n1C1CCN(C2CCC(C(C)C)CC2)CC1. The maximum Gasteiger partial charge on any atom is 0.217 e. The molecule has 2 fully saturated rings. The number of rotatable bonds is 6. The van der Waals surface area contributed by atoms with Gasteiger partial charge in [0.1, 0.15) is 0 Å². The summed E-state index contributed by atoms with van der Waals surface area (Å²) >= 11 is 0. The van der Waals surface area contributed by atoms with Crippen LogP contribution < -0.4 is 5.32 Å². The third-order valence-electron chi connectivity index (χ3n) is 7.77. The van der Waals surface area contributed by atoms with Gasteiger partial charge < -0.3 is 20.2 Å². The third-order valence-corrected chi connectivity index (χ3v) is 7.77. The predicted molar refractivity (Wildman–Crippen MR) is 128 cm³/mol. The highest BCUT2D eigenvalue weighted by molar-refractivity contribution is 6.00. The Balaban J connectivity index is 1.51. The van der Waals surface area contributed by atoms with Crippen LogP contribution in [0, 0.1) is 17.2 Å². The molecule has 168 valence electrons. The van der Waals surface area contributed by atoms with Crippen molar-refractivity contribution < 1.29 is 4.79 Å². The lowest BCUT2D eigenvalue weighted by Gasteiger charge is -2.42. The van der Waals surface area contributed by atoms with Gasteiger partial charge in [0.15, 0.2) is 0 Å². The topological polar surface area (TPSA) is 61.1 Å². The summed E-state index contributed by atoms with van der Waals surface area (Å²) < 4.78 is 2.43. The molecule has 5 heteroatoms.